The lowest BCUT2D eigenvalue weighted by molar-refractivity contribution is 0.790. The number of benzene rings is 2. The zero-order valence-corrected chi connectivity index (χ0v) is 13.1. The zero-order valence-electron chi connectivity index (χ0n) is 10.0. The van der Waals surface area contributed by atoms with E-state index >= 15 is 0 Å². The van der Waals surface area contributed by atoms with Crippen LogP contribution in [-0.2, 0) is 0 Å². The summed E-state index contributed by atoms with van der Waals surface area (Å²) in [7, 11) is 0. The monoisotopic (exact) mass is 358 g/mol. The molecule has 2 aromatic carbocycles. The van der Waals surface area contributed by atoms with Crippen molar-refractivity contribution in [3.05, 3.63) is 62.5 Å². The first-order valence-electron chi connectivity index (χ1n) is 5.76. The first-order valence-corrected chi connectivity index (χ1v) is 7.31. The molecule has 0 amide bonds. The van der Waals surface area contributed by atoms with E-state index in [4.69, 9.17) is 28.9 Å². The van der Waals surface area contributed by atoms with E-state index in [1.807, 2.05) is 36.4 Å². The maximum Gasteiger partial charge on any atom is 0.0637 e. The molecule has 0 spiro atoms. The third-order valence-corrected chi connectivity index (χ3v) is 3.67. The van der Waals surface area contributed by atoms with Gasteiger partial charge >= 0.3 is 0 Å². The van der Waals surface area contributed by atoms with Gasteiger partial charge in [0.15, 0.2) is 0 Å². The SMILES string of the molecule is NCC(Nc1ccc(Br)cc1)c1cc(Cl)cc(Cl)c1. The van der Waals surface area contributed by atoms with E-state index in [0.717, 1.165) is 15.7 Å². The number of halogens is 3. The molecular weight excluding hydrogens is 347 g/mol. The molecule has 0 bridgehead atoms. The van der Waals surface area contributed by atoms with Gasteiger partial charge < -0.3 is 11.1 Å². The summed E-state index contributed by atoms with van der Waals surface area (Å²) in [5.74, 6) is 0. The molecule has 2 nitrogen and oxygen atoms in total. The largest absolute Gasteiger partial charge is 0.377 e. The van der Waals surface area contributed by atoms with E-state index in [-0.39, 0.29) is 6.04 Å². The Morgan fingerprint density at radius 2 is 1.63 bits per heavy atom. The van der Waals surface area contributed by atoms with Crippen molar-refractivity contribution in [2.75, 3.05) is 11.9 Å². The molecule has 3 N–H and O–H groups in total. The second kappa shape index (κ2) is 6.62. The first kappa shape index (κ1) is 14.7. The van der Waals surface area contributed by atoms with Crippen LogP contribution in [0.15, 0.2) is 46.9 Å². The number of anilines is 1. The minimum absolute atomic E-state index is 0.0302. The van der Waals surface area contributed by atoms with Crippen LogP contribution in [0.25, 0.3) is 0 Å². The van der Waals surface area contributed by atoms with Gasteiger partial charge in [-0.05, 0) is 48.0 Å². The minimum Gasteiger partial charge on any atom is -0.377 e. The van der Waals surface area contributed by atoms with Crippen molar-refractivity contribution in [2.45, 2.75) is 6.04 Å². The molecule has 0 fully saturated rings. The topological polar surface area (TPSA) is 38.0 Å². The van der Waals surface area contributed by atoms with Crippen LogP contribution in [0, 0.1) is 0 Å². The van der Waals surface area contributed by atoms with Crippen LogP contribution in [0.3, 0.4) is 0 Å². The van der Waals surface area contributed by atoms with Crippen molar-refractivity contribution in [1.29, 1.82) is 0 Å². The summed E-state index contributed by atoms with van der Waals surface area (Å²) >= 11 is 15.4. The quantitative estimate of drug-likeness (QED) is 0.817. The van der Waals surface area contributed by atoms with Gasteiger partial charge in [0.05, 0.1) is 6.04 Å². The zero-order chi connectivity index (χ0) is 13.8. The Hall–Kier alpha value is -0.740. The fourth-order valence-corrected chi connectivity index (χ4v) is 2.61. The van der Waals surface area contributed by atoms with Gasteiger partial charge in [-0.3, -0.25) is 0 Å². The molecule has 0 aliphatic rings. The summed E-state index contributed by atoms with van der Waals surface area (Å²) in [6, 6.07) is 13.3. The predicted molar refractivity (Wildman–Crippen MR) is 86.0 cm³/mol. The first-order chi connectivity index (χ1) is 9.08. The number of nitrogens with two attached hydrogens (primary N) is 1. The van der Waals surface area contributed by atoms with Gasteiger partial charge in [-0.25, -0.2) is 0 Å². The van der Waals surface area contributed by atoms with Crippen molar-refractivity contribution in [1.82, 2.24) is 0 Å². The lowest BCUT2D eigenvalue weighted by atomic mass is 10.1. The third-order valence-electron chi connectivity index (χ3n) is 2.71. The molecule has 0 aliphatic heterocycles. The predicted octanol–water partition coefficient (Wildman–Crippen LogP) is 4.87. The van der Waals surface area contributed by atoms with Crippen LogP contribution in [0.4, 0.5) is 5.69 Å². The van der Waals surface area contributed by atoms with E-state index in [1.165, 1.54) is 0 Å². The van der Waals surface area contributed by atoms with Crippen LogP contribution in [0.1, 0.15) is 11.6 Å². The molecule has 2 aromatic rings. The number of hydrogen-bond donors (Lipinski definition) is 2. The maximum absolute atomic E-state index is 6.02. The lowest BCUT2D eigenvalue weighted by Crippen LogP contribution is -2.20. The molecule has 1 atom stereocenters. The fourth-order valence-electron chi connectivity index (χ4n) is 1.80. The van der Waals surface area contributed by atoms with Crippen molar-refractivity contribution in [3.8, 4) is 0 Å². The van der Waals surface area contributed by atoms with Crippen LogP contribution in [-0.4, -0.2) is 6.54 Å². The molecule has 2 rings (SSSR count). The van der Waals surface area contributed by atoms with Crippen LogP contribution in [0.5, 0.6) is 0 Å². The summed E-state index contributed by atoms with van der Waals surface area (Å²) in [5.41, 5.74) is 7.79. The smallest absolute Gasteiger partial charge is 0.0637 e. The van der Waals surface area contributed by atoms with Gasteiger partial charge in [-0.1, -0.05) is 39.1 Å². The summed E-state index contributed by atoms with van der Waals surface area (Å²) in [4.78, 5) is 0. The highest BCUT2D eigenvalue weighted by Crippen LogP contribution is 2.26. The van der Waals surface area contributed by atoms with Crippen molar-refractivity contribution in [3.63, 3.8) is 0 Å². The van der Waals surface area contributed by atoms with Gasteiger partial charge in [-0.15, -0.1) is 0 Å². The molecule has 0 saturated heterocycles. The average Bonchev–Trinajstić information content (AvgIpc) is 2.37. The van der Waals surface area contributed by atoms with Crippen molar-refractivity contribution < 1.29 is 0 Å². The molecule has 5 heteroatoms. The van der Waals surface area contributed by atoms with Gasteiger partial charge in [0.1, 0.15) is 0 Å². The molecule has 0 aromatic heterocycles. The van der Waals surface area contributed by atoms with E-state index < -0.39 is 0 Å². The van der Waals surface area contributed by atoms with Gasteiger partial charge in [-0.2, -0.15) is 0 Å². The second-order valence-corrected chi connectivity index (χ2v) is 5.93. The molecular formula is C14H13BrCl2N2. The Kier molecular flexibility index (Phi) is 5.11. The van der Waals surface area contributed by atoms with Gasteiger partial charge in [0.25, 0.3) is 0 Å². The van der Waals surface area contributed by atoms with E-state index in [2.05, 4.69) is 21.2 Å². The Bertz CT molecular complexity index is 538. The molecule has 100 valence electrons. The van der Waals surface area contributed by atoms with Gasteiger partial charge in [0, 0.05) is 26.8 Å². The standard InChI is InChI=1S/C14H13BrCl2N2/c15-10-1-3-13(4-2-10)19-14(8-18)9-5-11(16)7-12(17)6-9/h1-7,14,19H,8,18H2. The third kappa shape index (κ3) is 4.11. The average molecular weight is 360 g/mol. The Labute approximate surface area is 131 Å². The van der Waals surface area contributed by atoms with E-state index in [1.54, 1.807) is 6.07 Å². The molecule has 19 heavy (non-hydrogen) atoms. The Morgan fingerprint density at radius 1 is 1.05 bits per heavy atom. The molecule has 1 unspecified atom stereocenters. The highest BCUT2D eigenvalue weighted by atomic mass is 79.9. The summed E-state index contributed by atoms with van der Waals surface area (Å²) < 4.78 is 1.04. The maximum atomic E-state index is 6.02. The summed E-state index contributed by atoms with van der Waals surface area (Å²) in [6.07, 6.45) is 0. The van der Waals surface area contributed by atoms with Crippen molar-refractivity contribution >= 4 is 44.8 Å². The molecule has 0 aliphatic carbocycles. The number of rotatable bonds is 4. The number of nitrogens with one attached hydrogen (secondary N) is 1. The minimum atomic E-state index is -0.0302. The Morgan fingerprint density at radius 3 is 2.16 bits per heavy atom. The van der Waals surface area contributed by atoms with E-state index in [9.17, 15) is 0 Å². The van der Waals surface area contributed by atoms with Gasteiger partial charge in [0.2, 0.25) is 0 Å². The van der Waals surface area contributed by atoms with E-state index in [0.29, 0.717) is 16.6 Å². The van der Waals surface area contributed by atoms with Crippen LogP contribution >= 0.6 is 39.1 Å². The lowest BCUT2D eigenvalue weighted by Gasteiger charge is -2.19. The second-order valence-electron chi connectivity index (χ2n) is 4.14. The summed E-state index contributed by atoms with van der Waals surface area (Å²) in [6.45, 7) is 0.451. The summed E-state index contributed by atoms with van der Waals surface area (Å²) in [5, 5.41) is 4.58. The molecule has 0 heterocycles. The Balaban J connectivity index is 2.22. The molecule has 0 saturated carbocycles. The molecule has 0 radical (unpaired) electrons. The van der Waals surface area contributed by atoms with Crippen LogP contribution < -0.4 is 11.1 Å². The normalized spacial score (nSPS) is 12.2. The van der Waals surface area contributed by atoms with Crippen LogP contribution in [0.2, 0.25) is 10.0 Å². The highest BCUT2D eigenvalue weighted by Gasteiger charge is 2.11. The highest BCUT2D eigenvalue weighted by molar-refractivity contribution is 9.10. The van der Waals surface area contributed by atoms with Crippen molar-refractivity contribution in [2.24, 2.45) is 5.73 Å². The fraction of sp³-hybridized carbons (Fsp3) is 0.143. The number of hydrogen-bond acceptors (Lipinski definition) is 2.